The standard InChI is InChI=1S/C25H27ClN6O2/c26-21-6-7-23(27)22(15-21)20-8-12-31(17-33)24(14-20)18-2-4-19(5-3-18)25(34)32(28)11-1-10-30-13-9-29-16-30/h2-7,9,13-17,24H,1,8,10-12,27-28H2. The Hall–Kier alpha value is -3.62. The Morgan fingerprint density at radius 2 is 2.03 bits per heavy atom. The number of hydrazine groups is 1. The smallest absolute Gasteiger partial charge is 0.267 e. The summed E-state index contributed by atoms with van der Waals surface area (Å²) in [6.07, 6.45) is 9.59. The highest BCUT2D eigenvalue weighted by Gasteiger charge is 2.24. The number of aromatic nitrogens is 2. The Kier molecular flexibility index (Phi) is 7.30. The van der Waals surface area contributed by atoms with Gasteiger partial charge in [-0.2, -0.15) is 0 Å². The van der Waals surface area contributed by atoms with Crippen molar-refractivity contribution in [3.05, 3.63) is 89.0 Å². The predicted octanol–water partition coefficient (Wildman–Crippen LogP) is 3.51. The van der Waals surface area contributed by atoms with Crippen LogP contribution in [0.3, 0.4) is 0 Å². The summed E-state index contributed by atoms with van der Waals surface area (Å²) in [4.78, 5) is 30.2. The molecule has 34 heavy (non-hydrogen) atoms. The third-order valence-corrected chi connectivity index (χ3v) is 6.22. The number of rotatable bonds is 8. The minimum atomic E-state index is -0.270. The Balaban J connectivity index is 1.48. The molecular formula is C25H27ClN6O2. The molecule has 8 nitrogen and oxygen atoms in total. The van der Waals surface area contributed by atoms with Crippen LogP contribution in [-0.4, -0.2) is 44.9 Å². The number of imidazole rings is 1. The molecule has 1 atom stereocenters. The molecule has 4 N–H and O–H groups in total. The van der Waals surface area contributed by atoms with Crippen LogP contribution in [0.1, 0.15) is 40.4 Å². The third kappa shape index (κ3) is 5.30. The van der Waals surface area contributed by atoms with Crippen molar-refractivity contribution in [2.75, 3.05) is 18.8 Å². The van der Waals surface area contributed by atoms with Crippen LogP contribution in [-0.2, 0) is 11.3 Å². The highest BCUT2D eigenvalue weighted by molar-refractivity contribution is 6.30. The average molecular weight is 479 g/mol. The van der Waals surface area contributed by atoms with E-state index in [2.05, 4.69) is 4.98 Å². The van der Waals surface area contributed by atoms with Crippen LogP contribution in [0, 0.1) is 0 Å². The molecule has 0 fully saturated rings. The minimum absolute atomic E-state index is 0.254. The maximum atomic E-state index is 12.7. The summed E-state index contributed by atoms with van der Waals surface area (Å²) in [7, 11) is 0. The Morgan fingerprint density at radius 3 is 2.74 bits per heavy atom. The molecule has 0 saturated heterocycles. The van der Waals surface area contributed by atoms with Crippen LogP contribution in [0.4, 0.5) is 5.69 Å². The molecular weight excluding hydrogens is 452 g/mol. The molecule has 2 amide bonds. The van der Waals surface area contributed by atoms with Gasteiger partial charge in [-0.15, -0.1) is 0 Å². The molecule has 0 aliphatic carbocycles. The zero-order chi connectivity index (χ0) is 24.1. The van der Waals surface area contributed by atoms with Crippen molar-refractivity contribution in [1.82, 2.24) is 19.5 Å². The summed E-state index contributed by atoms with van der Waals surface area (Å²) in [6.45, 7) is 1.71. The van der Waals surface area contributed by atoms with Gasteiger partial charge in [0.2, 0.25) is 6.41 Å². The van der Waals surface area contributed by atoms with Crippen molar-refractivity contribution in [3.8, 4) is 0 Å². The van der Waals surface area contributed by atoms with E-state index in [-0.39, 0.29) is 11.9 Å². The Morgan fingerprint density at radius 1 is 1.24 bits per heavy atom. The zero-order valence-electron chi connectivity index (χ0n) is 18.7. The second kappa shape index (κ2) is 10.5. The fraction of sp³-hybridized carbons (Fsp3) is 0.240. The van der Waals surface area contributed by atoms with Gasteiger partial charge in [0.15, 0.2) is 0 Å². The summed E-state index contributed by atoms with van der Waals surface area (Å²) in [5.41, 5.74) is 10.1. The summed E-state index contributed by atoms with van der Waals surface area (Å²) in [6, 6.07) is 12.3. The van der Waals surface area contributed by atoms with Crippen molar-refractivity contribution in [1.29, 1.82) is 0 Å². The maximum absolute atomic E-state index is 12.7. The molecule has 9 heteroatoms. The van der Waals surface area contributed by atoms with Gasteiger partial charge >= 0.3 is 0 Å². The monoisotopic (exact) mass is 478 g/mol. The van der Waals surface area contributed by atoms with E-state index in [9.17, 15) is 9.59 Å². The first-order valence-electron chi connectivity index (χ1n) is 11.1. The molecule has 4 rings (SSSR count). The van der Waals surface area contributed by atoms with Crippen molar-refractivity contribution in [3.63, 3.8) is 0 Å². The van der Waals surface area contributed by atoms with E-state index in [0.717, 1.165) is 29.7 Å². The van der Waals surface area contributed by atoms with Gasteiger partial charge in [0, 0.05) is 53.9 Å². The third-order valence-electron chi connectivity index (χ3n) is 5.99. The molecule has 1 aromatic heterocycles. The fourth-order valence-electron chi connectivity index (χ4n) is 4.13. The van der Waals surface area contributed by atoms with E-state index >= 15 is 0 Å². The van der Waals surface area contributed by atoms with Gasteiger partial charge in [0.25, 0.3) is 5.91 Å². The van der Waals surface area contributed by atoms with Crippen molar-refractivity contribution >= 4 is 35.2 Å². The van der Waals surface area contributed by atoms with Crippen LogP contribution in [0.25, 0.3) is 5.57 Å². The number of amides is 2. The van der Waals surface area contributed by atoms with E-state index in [1.165, 1.54) is 5.01 Å². The number of carbonyl (C=O) groups is 2. The number of hydrogen-bond acceptors (Lipinski definition) is 5. The Labute approximate surface area is 203 Å². The maximum Gasteiger partial charge on any atom is 0.267 e. The number of nitrogen functional groups attached to an aromatic ring is 1. The predicted molar refractivity (Wildman–Crippen MR) is 132 cm³/mol. The first-order chi connectivity index (χ1) is 16.5. The van der Waals surface area contributed by atoms with Gasteiger partial charge in [-0.25, -0.2) is 10.8 Å². The normalized spacial score (nSPS) is 15.6. The number of hydrogen-bond donors (Lipinski definition) is 2. The van der Waals surface area contributed by atoms with Crippen molar-refractivity contribution < 1.29 is 9.59 Å². The summed E-state index contributed by atoms with van der Waals surface area (Å²) in [5, 5.41) is 1.84. The number of carbonyl (C=O) groups excluding carboxylic acids is 2. The topological polar surface area (TPSA) is 110 Å². The highest BCUT2D eigenvalue weighted by atomic mass is 35.5. The average Bonchev–Trinajstić information content (AvgIpc) is 3.38. The van der Waals surface area contributed by atoms with Crippen LogP contribution < -0.4 is 11.6 Å². The van der Waals surface area contributed by atoms with Crippen LogP contribution in [0.5, 0.6) is 0 Å². The highest BCUT2D eigenvalue weighted by Crippen LogP contribution is 2.35. The molecule has 0 radical (unpaired) electrons. The van der Waals surface area contributed by atoms with Crippen LogP contribution >= 0.6 is 11.6 Å². The number of anilines is 1. The molecule has 0 saturated carbocycles. The van der Waals surface area contributed by atoms with E-state index in [0.29, 0.717) is 42.2 Å². The van der Waals surface area contributed by atoms with Crippen LogP contribution in [0.2, 0.25) is 5.02 Å². The molecule has 1 aliphatic heterocycles. The van der Waals surface area contributed by atoms with E-state index in [4.69, 9.17) is 23.2 Å². The lowest BCUT2D eigenvalue weighted by molar-refractivity contribution is -0.119. The number of nitrogens with two attached hydrogens (primary N) is 2. The summed E-state index contributed by atoms with van der Waals surface area (Å²) in [5.74, 6) is 5.74. The Bertz CT molecular complexity index is 1180. The van der Waals surface area contributed by atoms with Gasteiger partial charge in [-0.3, -0.25) is 14.6 Å². The van der Waals surface area contributed by atoms with Gasteiger partial charge < -0.3 is 15.2 Å². The number of halogens is 1. The van der Waals surface area contributed by atoms with Gasteiger partial charge in [0.05, 0.1) is 12.4 Å². The first-order valence-corrected chi connectivity index (χ1v) is 11.4. The molecule has 0 spiro atoms. The van der Waals surface area contributed by atoms with E-state index in [1.807, 2.05) is 35.0 Å². The molecule has 1 aliphatic rings. The van der Waals surface area contributed by atoms with Crippen molar-refractivity contribution in [2.24, 2.45) is 5.84 Å². The molecule has 1 unspecified atom stereocenters. The van der Waals surface area contributed by atoms with Gasteiger partial charge in [0.1, 0.15) is 0 Å². The largest absolute Gasteiger partial charge is 0.398 e. The van der Waals surface area contributed by atoms with Crippen LogP contribution in [0.15, 0.2) is 67.3 Å². The lowest BCUT2D eigenvalue weighted by atomic mass is 9.91. The molecule has 176 valence electrons. The second-order valence-corrected chi connectivity index (χ2v) is 8.67. The lowest BCUT2D eigenvalue weighted by Gasteiger charge is -2.32. The molecule has 2 aromatic carbocycles. The van der Waals surface area contributed by atoms with Crippen molar-refractivity contribution in [2.45, 2.75) is 25.4 Å². The van der Waals surface area contributed by atoms with E-state index in [1.54, 1.807) is 41.7 Å². The minimum Gasteiger partial charge on any atom is -0.398 e. The van der Waals surface area contributed by atoms with Gasteiger partial charge in [-0.1, -0.05) is 29.8 Å². The quantitative estimate of drug-likeness (QED) is 0.169. The molecule has 0 bridgehead atoms. The SMILES string of the molecule is Nc1ccc(Cl)cc1C1=CC(c2ccc(C(=O)N(N)CCCn3ccnc3)cc2)N(C=O)CC1. The molecule has 2 heterocycles. The zero-order valence-corrected chi connectivity index (χ0v) is 19.4. The van der Waals surface area contributed by atoms with Gasteiger partial charge in [-0.05, 0) is 54.3 Å². The molecule has 3 aromatic rings. The number of nitrogens with zero attached hydrogens (tertiary/aromatic N) is 4. The first kappa shape index (κ1) is 23.5. The summed E-state index contributed by atoms with van der Waals surface area (Å²) < 4.78 is 1.94. The van der Waals surface area contributed by atoms with E-state index < -0.39 is 0 Å². The number of benzene rings is 2. The second-order valence-electron chi connectivity index (χ2n) is 8.24. The summed E-state index contributed by atoms with van der Waals surface area (Å²) >= 11 is 6.18. The fourth-order valence-corrected chi connectivity index (χ4v) is 4.30. The number of aryl methyl sites for hydroxylation is 1. The lowest BCUT2D eigenvalue weighted by Crippen LogP contribution is -2.38.